The molecule has 0 spiro atoms. The molecule has 130 valence electrons. The number of rotatable bonds is 5. The lowest BCUT2D eigenvalue weighted by molar-refractivity contribution is 0.0950. The van der Waals surface area contributed by atoms with Gasteiger partial charge in [-0.2, -0.15) is 10.2 Å². The number of allylic oxidation sites excluding steroid dienone is 1. The molecule has 1 amide bonds. The van der Waals surface area contributed by atoms with Crippen LogP contribution in [0.2, 0.25) is 10.0 Å². The SMILES string of the molecule is O=C(NN=CC=Cc1ccccc1)c1cc(-c2cc(Cl)cc(Cl)c2)n[nH]1. The van der Waals surface area contributed by atoms with Crippen LogP contribution in [0.3, 0.4) is 0 Å². The van der Waals surface area contributed by atoms with Crippen LogP contribution in [0.25, 0.3) is 17.3 Å². The molecule has 0 saturated carbocycles. The van der Waals surface area contributed by atoms with Crippen LogP contribution in [0.4, 0.5) is 0 Å². The average Bonchev–Trinajstić information content (AvgIpc) is 3.12. The number of nitrogens with one attached hydrogen (secondary N) is 2. The van der Waals surface area contributed by atoms with E-state index >= 15 is 0 Å². The Balaban J connectivity index is 1.61. The van der Waals surface area contributed by atoms with Crippen molar-refractivity contribution in [1.82, 2.24) is 15.6 Å². The van der Waals surface area contributed by atoms with Gasteiger partial charge in [-0.1, -0.05) is 59.6 Å². The molecule has 2 N–H and O–H groups in total. The van der Waals surface area contributed by atoms with Gasteiger partial charge >= 0.3 is 0 Å². The van der Waals surface area contributed by atoms with E-state index in [0.717, 1.165) is 5.56 Å². The molecule has 0 saturated heterocycles. The largest absolute Gasteiger partial charge is 0.289 e. The molecule has 1 heterocycles. The number of amides is 1. The molecular weight excluding hydrogens is 371 g/mol. The molecule has 3 aromatic rings. The maximum atomic E-state index is 12.1. The Morgan fingerprint density at radius 2 is 1.81 bits per heavy atom. The van der Waals surface area contributed by atoms with E-state index in [-0.39, 0.29) is 5.69 Å². The van der Waals surface area contributed by atoms with Crippen molar-refractivity contribution in [2.45, 2.75) is 0 Å². The molecule has 0 atom stereocenters. The Hall–Kier alpha value is -2.89. The third kappa shape index (κ3) is 4.81. The Bertz CT molecular complexity index is 944. The molecule has 5 nitrogen and oxygen atoms in total. The molecular formula is C19H14Cl2N4O. The van der Waals surface area contributed by atoms with Gasteiger partial charge in [0.25, 0.3) is 5.91 Å². The zero-order chi connectivity index (χ0) is 18.4. The molecule has 3 rings (SSSR count). The van der Waals surface area contributed by atoms with E-state index in [9.17, 15) is 4.79 Å². The first-order valence-corrected chi connectivity index (χ1v) is 8.44. The molecule has 0 aliphatic heterocycles. The Morgan fingerprint density at radius 3 is 2.54 bits per heavy atom. The quantitative estimate of drug-likeness (QED) is 0.489. The van der Waals surface area contributed by atoms with Crippen LogP contribution in [0, 0.1) is 0 Å². The highest BCUT2D eigenvalue weighted by Gasteiger charge is 2.11. The predicted octanol–water partition coefficient (Wildman–Crippen LogP) is 4.81. The zero-order valence-electron chi connectivity index (χ0n) is 13.5. The fourth-order valence-corrected chi connectivity index (χ4v) is 2.73. The first-order chi connectivity index (χ1) is 12.6. The van der Waals surface area contributed by atoms with Crippen LogP contribution in [-0.2, 0) is 0 Å². The first kappa shape index (κ1) is 17.9. The van der Waals surface area contributed by atoms with Crippen molar-refractivity contribution in [1.29, 1.82) is 0 Å². The summed E-state index contributed by atoms with van der Waals surface area (Å²) >= 11 is 12.0. The van der Waals surface area contributed by atoms with Crippen molar-refractivity contribution in [3.05, 3.63) is 82.0 Å². The number of benzene rings is 2. The second-order valence-electron chi connectivity index (χ2n) is 5.31. The summed E-state index contributed by atoms with van der Waals surface area (Å²) in [6.45, 7) is 0. The number of hydrogen-bond donors (Lipinski definition) is 2. The Morgan fingerprint density at radius 1 is 1.08 bits per heavy atom. The lowest BCUT2D eigenvalue weighted by Gasteiger charge is -1.98. The fraction of sp³-hybridized carbons (Fsp3) is 0. The number of hydrazone groups is 1. The third-order valence-corrected chi connectivity index (χ3v) is 3.83. The van der Waals surface area contributed by atoms with E-state index in [2.05, 4.69) is 20.7 Å². The number of aromatic amines is 1. The summed E-state index contributed by atoms with van der Waals surface area (Å²) < 4.78 is 0. The van der Waals surface area contributed by atoms with E-state index in [0.29, 0.717) is 21.3 Å². The van der Waals surface area contributed by atoms with Crippen molar-refractivity contribution in [2.75, 3.05) is 0 Å². The van der Waals surface area contributed by atoms with E-state index in [4.69, 9.17) is 23.2 Å². The van der Waals surface area contributed by atoms with Crippen LogP contribution >= 0.6 is 23.2 Å². The first-order valence-electron chi connectivity index (χ1n) is 7.69. The van der Waals surface area contributed by atoms with E-state index in [1.54, 1.807) is 30.3 Å². The lowest BCUT2D eigenvalue weighted by atomic mass is 10.1. The number of carbonyl (C=O) groups excluding carboxylic acids is 1. The van der Waals surface area contributed by atoms with Gasteiger partial charge in [0.1, 0.15) is 5.69 Å². The standard InChI is InChI=1S/C19H14Cl2N4O/c20-15-9-14(10-16(21)11-15)17-12-18(24-23-17)19(26)25-22-8-4-7-13-5-2-1-3-6-13/h1-12H,(H,23,24)(H,25,26). The highest BCUT2D eigenvalue weighted by atomic mass is 35.5. The van der Waals surface area contributed by atoms with Crippen molar-refractivity contribution in [3.63, 3.8) is 0 Å². The van der Waals surface area contributed by atoms with Gasteiger partial charge in [-0.05, 0) is 35.9 Å². The van der Waals surface area contributed by atoms with Gasteiger partial charge in [0.2, 0.25) is 0 Å². The van der Waals surface area contributed by atoms with Crippen molar-refractivity contribution >= 4 is 41.4 Å². The van der Waals surface area contributed by atoms with Gasteiger partial charge in [-0.15, -0.1) is 0 Å². The molecule has 0 fully saturated rings. The number of aromatic nitrogens is 2. The van der Waals surface area contributed by atoms with Crippen LogP contribution in [0.15, 0.2) is 65.8 Å². The Labute approximate surface area is 160 Å². The van der Waals surface area contributed by atoms with Gasteiger partial charge < -0.3 is 0 Å². The summed E-state index contributed by atoms with van der Waals surface area (Å²) in [5.74, 6) is -0.402. The monoisotopic (exact) mass is 384 g/mol. The molecule has 0 unspecified atom stereocenters. The molecule has 0 bridgehead atoms. The molecule has 0 aliphatic carbocycles. The minimum Gasteiger partial charge on any atom is -0.272 e. The van der Waals surface area contributed by atoms with Gasteiger partial charge in [0.15, 0.2) is 0 Å². The molecule has 26 heavy (non-hydrogen) atoms. The molecule has 1 aromatic heterocycles. The fourth-order valence-electron chi connectivity index (χ4n) is 2.21. The average molecular weight is 385 g/mol. The maximum absolute atomic E-state index is 12.1. The minimum atomic E-state index is -0.402. The predicted molar refractivity (Wildman–Crippen MR) is 105 cm³/mol. The number of carbonyl (C=O) groups is 1. The van der Waals surface area contributed by atoms with Crippen molar-refractivity contribution in [3.8, 4) is 11.3 Å². The smallest absolute Gasteiger partial charge is 0.272 e. The second kappa shape index (κ2) is 8.47. The number of nitrogens with zero attached hydrogens (tertiary/aromatic N) is 2. The van der Waals surface area contributed by atoms with Gasteiger partial charge in [0, 0.05) is 21.8 Å². The molecule has 7 heteroatoms. The number of halogens is 2. The number of hydrogen-bond acceptors (Lipinski definition) is 3. The Kier molecular flexibility index (Phi) is 5.84. The molecule has 2 aromatic carbocycles. The van der Waals surface area contributed by atoms with Gasteiger partial charge in [-0.3, -0.25) is 9.89 Å². The van der Waals surface area contributed by atoms with Crippen LogP contribution in [0.5, 0.6) is 0 Å². The van der Waals surface area contributed by atoms with E-state index in [1.165, 1.54) is 6.21 Å². The summed E-state index contributed by atoms with van der Waals surface area (Å²) in [5, 5.41) is 11.6. The maximum Gasteiger partial charge on any atom is 0.289 e. The highest BCUT2D eigenvalue weighted by molar-refractivity contribution is 6.35. The van der Waals surface area contributed by atoms with E-state index in [1.807, 2.05) is 36.4 Å². The van der Waals surface area contributed by atoms with Crippen LogP contribution < -0.4 is 5.43 Å². The number of H-pyrrole nitrogens is 1. The van der Waals surface area contributed by atoms with Crippen molar-refractivity contribution in [2.24, 2.45) is 5.10 Å². The second-order valence-corrected chi connectivity index (χ2v) is 6.19. The highest BCUT2D eigenvalue weighted by Crippen LogP contribution is 2.26. The normalized spacial score (nSPS) is 11.3. The summed E-state index contributed by atoms with van der Waals surface area (Å²) in [4.78, 5) is 12.1. The summed E-state index contributed by atoms with van der Waals surface area (Å²) in [6, 6.07) is 16.5. The summed E-state index contributed by atoms with van der Waals surface area (Å²) in [6.07, 6.45) is 5.12. The van der Waals surface area contributed by atoms with Gasteiger partial charge in [-0.25, -0.2) is 5.43 Å². The van der Waals surface area contributed by atoms with Crippen LogP contribution in [-0.4, -0.2) is 22.3 Å². The van der Waals surface area contributed by atoms with Crippen LogP contribution in [0.1, 0.15) is 16.1 Å². The molecule has 0 aliphatic rings. The summed E-state index contributed by atoms with van der Waals surface area (Å²) in [5.41, 5.74) is 5.03. The minimum absolute atomic E-state index is 0.278. The third-order valence-electron chi connectivity index (χ3n) is 3.40. The van der Waals surface area contributed by atoms with E-state index < -0.39 is 5.91 Å². The topological polar surface area (TPSA) is 70.1 Å². The van der Waals surface area contributed by atoms with Crippen molar-refractivity contribution < 1.29 is 4.79 Å². The lowest BCUT2D eigenvalue weighted by Crippen LogP contribution is -2.17. The summed E-state index contributed by atoms with van der Waals surface area (Å²) in [7, 11) is 0. The zero-order valence-corrected chi connectivity index (χ0v) is 15.0. The molecule has 0 radical (unpaired) electrons. The van der Waals surface area contributed by atoms with Gasteiger partial charge in [0.05, 0.1) is 5.69 Å².